The smallest absolute Gasteiger partial charge is 0.164 e. The molecule has 16 aromatic carbocycles. The van der Waals surface area contributed by atoms with E-state index in [-0.39, 0.29) is 0 Å². The highest BCUT2D eigenvalue weighted by atomic mass is 15.1. The van der Waals surface area contributed by atoms with Crippen molar-refractivity contribution in [2.45, 2.75) is 68.7 Å². The van der Waals surface area contributed by atoms with Crippen LogP contribution in [0.25, 0.3) is 200 Å². The summed E-state index contributed by atoms with van der Waals surface area (Å²) < 4.78 is 9.40. The molecule has 10 nitrogen and oxygen atoms in total. The van der Waals surface area contributed by atoms with Crippen molar-refractivity contribution in [3.8, 4) is 125 Å². The SMILES string of the molecule is Cc1cc(C)cc(-c2ccc3c(c2)c2ccccc2n3-c2cc(C#N)cc(-n3c4ccc(Cc5cc(C)cc(-c6ccc7c8ccccc8n(-c8cc(C#N)cc(-n9c%10ccccc%10c%10ccc(-c%11cc(C)cc(C)c%11)cc%109)c8-c8nc(C)cc(C)n8)c7c6)c5)cc4c4cc(-c5cc(C)cc(C)c5)ccc43)c2-c2nc(-c3ccccc3)cc(-c3ccccc3)n2)c1. The summed E-state index contributed by atoms with van der Waals surface area (Å²) in [5.74, 6) is 1.07. The fourth-order valence-corrected chi connectivity index (χ4v) is 20.1. The molecule has 22 rings (SSSR count). The van der Waals surface area contributed by atoms with Gasteiger partial charge in [-0.05, 0) is 227 Å². The van der Waals surface area contributed by atoms with Crippen LogP contribution >= 0.6 is 0 Å². The number of para-hydroxylation sites is 3. The zero-order valence-electron chi connectivity index (χ0n) is 71.4. The van der Waals surface area contributed by atoms with Crippen molar-refractivity contribution < 1.29 is 0 Å². The zero-order chi connectivity index (χ0) is 85.4. The van der Waals surface area contributed by atoms with Gasteiger partial charge in [-0.15, -0.1) is 0 Å². The van der Waals surface area contributed by atoms with Gasteiger partial charge >= 0.3 is 0 Å². The minimum atomic E-state index is 0.482. The molecule has 0 spiro atoms. The monoisotopic (exact) mass is 1620 g/mol. The first kappa shape index (κ1) is 76.0. The van der Waals surface area contributed by atoms with Crippen molar-refractivity contribution in [3.05, 3.63) is 406 Å². The largest absolute Gasteiger partial charge is 0.308 e. The number of fused-ring (bicyclic) bond motifs is 12. The molecule has 0 N–H and O–H groups in total. The van der Waals surface area contributed by atoms with Gasteiger partial charge < -0.3 is 18.3 Å². The van der Waals surface area contributed by atoms with Crippen LogP contribution in [0.15, 0.2) is 334 Å². The van der Waals surface area contributed by atoms with Crippen molar-refractivity contribution >= 4 is 87.2 Å². The minimum absolute atomic E-state index is 0.482. The lowest BCUT2D eigenvalue weighted by atomic mass is 9.95. The molecule has 0 saturated heterocycles. The Morgan fingerprint density at radius 1 is 0.222 bits per heavy atom. The molecule has 0 fully saturated rings. The van der Waals surface area contributed by atoms with Gasteiger partial charge in [0.2, 0.25) is 0 Å². The second-order valence-electron chi connectivity index (χ2n) is 34.4. The van der Waals surface area contributed by atoms with Crippen molar-refractivity contribution in [1.29, 1.82) is 10.5 Å². The number of hydrogen-bond acceptors (Lipinski definition) is 6. The first-order valence-electron chi connectivity index (χ1n) is 43.0. The van der Waals surface area contributed by atoms with Crippen LogP contribution in [-0.4, -0.2) is 38.2 Å². The van der Waals surface area contributed by atoms with Crippen LogP contribution < -0.4 is 0 Å². The van der Waals surface area contributed by atoms with Crippen molar-refractivity contribution in [1.82, 2.24) is 38.2 Å². The summed E-state index contributed by atoms with van der Waals surface area (Å²) >= 11 is 0. The number of benzene rings is 16. The molecule has 0 aliphatic carbocycles. The molecule has 0 unspecified atom stereocenters. The Kier molecular flexibility index (Phi) is 18.2. The Morgan fingerprint density at radius 2 is 0.540 bits per heavy atom. The Hall–Kier alpha value is -16.1. The van der Waals surface area contributed by atoms with Crippen molar-refractivity contribution in [2.24, 2.45) is 0 Å². The van der Waals surface area contributed by atoms with Crippen LogP contribution in [-0.2, 0) is 6.42 Å². The molecule has 0 saturated carbocycles. The quantitative estimate of drug-likeness (QED) is 0.107. The lowest BCUT2D eigenvalue weighted by Gasteiger charge is -2.21. The van der Waals surface area contributed by atoms with E-state index in [1.165, 1.54) is 33.4 Å². The van der Waals surface area contributed by atoms with Crippen LogP contribution in [0.4, 0.5) is 0 Å². The predicted octanol–water partition coefficient (Wildman–Crippen LogP) is 29.1. The van der Waals surface area contributed by atoms with Crippen LogP contribution in [0.5, 0.6) is 0 Å². The fraction of sp³-hybridized carbons (Fsp3) is 0.0862. The summed E-state index contributed by atoms with van der Waals surface area (Å²) in [6, 6.07) is 126. The second kappa shape index (κ2) is 30.2. The highest BCUT2D eigenvalue weighted by molar-refractivity contribution is 6.16. The highest BCUT2D eigenvalue weighted by Crippen LogP contribution is 2.48. The molecule has 0 amide bonds. The van der Waals surface area contributed by atoms with E-state index in [0.717, 1.165) is 216 Å². The normalized spacial score (nSPS) is 11.7. The average molecular weight is 1620 g/mol. The molecule has 0 radical (unpaired) electrons. The first-order valence-corrected chi connectivity index (χ1v) is 43.0. The number of hydrogen-bond donors (Lipinski definition) is 0. The van der Waals surface area contributed by atoms with Crippen LogP contribution in [0.1, 0.15) is 72.6 Å². The van der Waals surface area contributed by atoms with E-state index in [2.05, 4.69) is 376 Å². The number of aryl methyl sites for hydroxylation is 9. The van der Waals surface area contributed by atoms with E-state index in [1.54, 1.807) is 0 Å². The predicted molar refractivity (Wildman–Crippen MR) is 520 cm³/mol. The third kappa shape index (κ3) is 13.2. The average Bonchev–Trinajstić information content (AvgIpc) is 1.54. The number of aromatic nitrogens is 8. The van der Waals surface area contributed by atoms with Gasteiger partial charge in [0.05, 0.1) is 113 Å². The van der Waals surface area contributed by atoms with Gasteiger partial charge in [-0.2, -0.15) is 10.5 Å². The topological polar surface area (TPSA) is 119 Å². The maximum absolute atomic E-state index is 11.7. The summed E-state index contributed by atoms with van der Waals surface area (Å²) in [6.07, 6.45) is 0.620. The van der Waals surface area contributed by atoms with Crippen LogP contribution in [0, 0.1) is 85.0 Å². The van der Waals surface area contributed by atoms with E-state index < -0.39 is 0 Å². The Bertz CT molecular complexity index is 8300. The Morgan fingerprint density at radius 3 is 0.960 bits per heavy atom. The zero-order valence-corrected chi connectivity index (χ0v) is 71.4. The number of nitriles is 2. The van der Waals surface area contributed by atoms with E-state index in [9.17, 15) is 10.5 Å². The third-order valence-electron chi connectivity index (χ3n) is 25.1. The number of nitrogens with zero attached hydrogens (tertiary/aromatic N) is 10. The Balaban J connectivity index is 0.736. The summed E-state index contributed by atoms with van der Waals surface area (Å²) in [6.45, 7) is 19.2. The van der Waals surface area contributed by atoms with E-state index in [1.807, 2.05) is 50.2 Å². The summed E-state index contributed by atoms with van der Waals surface area (Å²) in [4.78, 5) is 22.1. The summed E-state index contributed by atoms with van der Waals surface area (Å²) in [5.41, 5.74) is 38.1. The molecule has 598 valence electrons. The van der Waals surface area contributed by atoms with Crippen molar-refractivity contribution in [3.63, 3.8) is 0 Å². The molecule has 0 atom stereocenters. The second-order valence-corrected chi connectivity index (χ2v) is 34.4. The molecule has 0 bridgehead atoms. The molecule has 126 heavy (non-hydrogen) atoms. The molecule has 22 aromatic rings. The van der Waals surface area contributed by atoms with E-state index in [0.29, 0.717) is 29.2 Å². The van der Waals surface area contributed by atoms with Gasteiger partial charge in [-0.3, -0.25) is 0 Å². The lowest BCUT2D eigenvalue weighted by molar-refractivity contribution is 1.04. The molecule has 6 aromatic heterocycles. The molecule has 0 aliphatic heterocycles. The van der Waals surface area contributed by atoms with Crippen molar-refractivity contribution in [2.75, 3.05) is 0 Å². The first-order chi connectivity index (χ1) is 61.5. The Labute approximate surface area is 730 Å². The molecule has 0 aliphatic rings. The fourth-order valence-electron chi connectivity index (χ4n) is 20.1. The van der Waals surface area contributed by atoms with Crippen LogP contribution in [0.3, 0.4) is 0 Å². The maximum Gasteiger partial charge on any atom is 0.164 e. The van der Waals surface area contributed by atoms with Gasteiger partial charge in [0, 0.05) is 65.6 Å². The van der Waals surface area contributed by atoms with E-state index >= 15 is 0 Å². The lowest BCUT2D eigenvalue weighted by Crippen LogP contribution is -2.07. The van der Waals surface area contributed by atoms with E-state index in [4.69, 9.17) is 19.9 Å². The standard InChI is InChI=1S/C116H84N10/c1-68-42-69(2)47-87(46-68)83-35-40-105-97(61-83)93-28-18-21-31-103(93)123(105)109-57-79(66-117)58-110(114(109)116-121-99(81-22-12-10-13-23-81)65-100(122-116)82-24-14-11-15-25-82)124-104-39-32-77(56-96(104)98-62-84(36-41-106(98)124)88-48-70(3)43-71(4)49-88)54-78-45-74(7)52-90(55-78)86-34-38-95-92-27-17-20-30-102(92)126(108(95)64-86)112-60-80(67-118)59-111(113(112)115-119-75(8)53-76(9)120-115)125-101-29-19-16-26-91(101)94-37-33-85(63-107(94)125)89-50-72(5)44-73(6)51-89/h10-53,55-65H,54H2,1-9H3. The minimum Gasteiger partial charge on any atom is -0.308 e. The van der Waals surface area contributed by atoms with Gasteiger partial charge in [0.25, 0.3) is 0 Å². The molecular weight excluding hydrogens is 1530 g/mol. The van der Waals surface area contributed by atoms with Gasteiger partial charge in [0.1, 0.15) is 0 Å². The van der Waals surface area contributed by atoms with Gasteiger partial charge in [-0.25, -0.2) is 19.9 Å². The van der Waals surface area contributed by atoms with Gasteiger partial charge in [-0.1, -0.05) is 269 Å². The maximum atomic E-state index is 11.7. The summed E-state index contributed by atoms with van der Waals surface area (Å²) in [5, 5.41) is 31.8. The molecule has 6 heterocycles. The molecule has 10 heteroatoms. The molecular formula is C116H84N10. The highest BCUT2D eigenvalue weighted by Gasteiger charge is 2.30. The summed E-state index contributed by atoms with van der Waals surface area (Å²) in [7, 11) is 0. The van der Waals surface area contributed by atoms with Crippen LogP contribution in [0.2, 0.25) is 0 Å². The number of rotatable bonds is 14. The third-order valence-corrected chi connectivity index (χ3v) is 25.1. The van der Waals surface area contributed by atoms with Gasteiger partial charge in [0.15, 0.2) is 11.6 Å².